The van der Waals surface area contributed by atoms with E-state index in [4.69, 9.17) is 19.3 Å². The molecule has 0 bridgehead atoms. The summed E-state index contributed by atoms with van der Waals surface area (Å²) < 4.78 is 55.0. The van der Waals surface area contributed by atoms with Gasteiger partial charge in [-0.3, -0.25) is 4.55 Å². The van der Waals surface area contributed by atoms with Crippen molar-refractivity contribution in [2.45, 2.75) is 20.3 Å². The van der Waals surface area contributed by atoms with Gasteiger partial charge >= 0.3 is 0 Å². The largest absolute Gasteiger partial charge is 0.490 e. The molecule has 0 aliphatic carbocycles. The first-order valence-electron chi connectivity index (χ1n) is 6.30. The standard InChI is InChI=1S/C13H16FNO5S/c1-3-19-11-7-9(5-6-21(16,17)18)10(8-15)12(14)13(11)20-4-2/h7H,3-6H2,1-2H3,(H,16,17,18). The maximum atomic E-state index is 14.3. The van der Waals surface area contributed by atoms with Gasteiger partial charge in [0.1, 0.15) is 6.07 Å². The van der Waals surface area contributed by atoms with Gasteiger partial charge in [-0.2, -0.15) is 13.7 Å². The van der Waals surface area contributed by atoms with Gasteiger partial charge in [-0.05, 0) is 31.9 Å². The topological polar surface area (TPSA) is 96.6 Å². The Hall–Kier alpha value is -1.85. The second-order valence-corrected chi connectivity index (χ2v) is 5.64. The van der Waals surface area contributed by atoms with Crippen LogP contribution in [0.1, 0.15) is 25.0 Å². The SMILES string of the molecule is CCOc1cc(CCS(=O)(=O)O)c(C#N)c(F)c1OCC. The summed E-state index contributed by atoms with van der Waals surface area (Å²) in [7, 11) is -4.21. The van der Waals surface area contributed by atoms with Crippen molar-refractivity contribution in [2.24, 2.45) is 0 Å². The lowest BCUT2D eigenvalue weighted by Crippen LogP contribution is -2.10. The summed E-state index contributed by atoms with van der Waals surface area (Å²) >= 11 is 0. The monoisotopic (exact) mass is 317 g/mol. The van der Waals surface area contributed by atoms with Gasteiger partial charge in [0, 0.05) is 0 Å². The van der Waals surface area contributed by atoms with Crippen LogP contribution in [0.5, 0.6) is 11.5 Å². The van der Waals surface area contributed by atoms with Crippen molar-refractivity contribution in [3.05, 3.63) is 23.0 Å². The van der Waals surface area contributed by atoms with E-state index < -0.39 is 21.7 Å². The summed E-state index contributed by atoms with van der Waals surface area (Å²) in [6.45, 7) is 3.80. The number of benzene rings is 1. The van der Waals surface area contributed by atoms with Crippen LogP contribution in [0.4, 0.5) is 4.39 Å². The number of ether oxygens (including phenoxy) is 2. The van der Waals surface area contributed by atoms with Crippen molar-refractivity contribution in [2.75, 3.05) is 19.0 Å². The summed E-state index contributed by atoms with van der Waals surface area (Å²) in [4.78, 5) is 0. The molecule has 6 nitrogen and oxygen atoms in total. The smallest absolute Gasteiger partial charge is 0.265 e. The minimum Gasteiger partial charge on any atom is -0.490 e. The predicted molar refractivity (Wildman–Crippen MR) is 73.6 cm³/mol. The lowest BCUT2D eigenvalue weighted by atomic mass is 10.0. The highest BCUT2D eigenvalue weighted by Crippen LogP contribution is 2.35. The van der Waals surface area contributed by atoms with E-state index in [-0.39, 0.29) is 42.3 Å². The maximum Gasteiger partial charge on any atom is 0.265 e. The Labute approximate surface area is 122 Å². The molecular formula is C13H16FNO5S. The molecule has 1 aromatic carbocycles. The molecule has 116 valence electrons. The maximum absolute atomic E-state index is 14.3. The highest BCUT2D eigenvalue weighted by molar-refractivity contribution is 7.85. The number of nitrogens with zero attached hydrogens (tertiary/aromatic N) is 1. The van der Waals surface area contributed by atoms with Crippen LogP contribution in [0.2, 0.25) is 0 Å². The number of hydrogen-bond donors (Lipinski definition) is 1. The molecule has 0 unspecified atom stereocenters. The molecule has 0 atom stereocenters. The zero-order chi connectivity index (χ0) is 16.0. The van der Waals surface area contributed by atoms with Gasteiger partial charge in [0.25, 0.3) is 10.1 Å². The fraction of sp³-hybridized carbons (Fsp3) is 0.462. The van der Waals surface area contributed by atoms with Gasteiger partial charge in [0.2, 0.25) is 0 Å². The lowest BCUT2D eigenvalue weighted by Gasteiger charge is -2.15. The van der Waals surface area contributed by atoms with Crippen molar-refractivity contribution in [1.29, 1.82) is 5.26 Å². The van der Waals surface area contributed by atoms with E-state index in [1.54, 1.807) is 19.9 Å². The van der Waals surface area contributed by atoms with Crippen molar-refractivity contribution < 1.29 is 26.8 Å². The van der Waals surface area contributed by atoms with Crippen molar-refractivity contribution in [3.63, 3.8) is 0 Å². The van der Waals surface area contributed by atoms with Gasteiger partial charge in [-0.25, -0.2) is 4.39 Å². The molecule has 1 aromatic rings. The normalized spacial score (nSPS) is 11.0. The van der Waals surface area contributed by atoms with Crippen LogP contribution in [0, 0.1) is 17.1 Å². The fourth-order valence-electron chi connectivity index (χ4n) is 1.76. The molecule has 0 saturated carbocycles. The number of aryl methyl sites for hydroxylation is 1. The van der Waals surface area contributed by atoms with Gasteiger partial charge < -0.3 is 9.47 Å². The number of rotatable bonds is 7. The molecule has 0 saturated heterocycles. The first kappa shape index (κ1) is 17.2. The van der Waals surface area contributed by atoms with Crippen molar-refractivity contribution in [3.8, 4) is 17.6 Å². The molecule has 1 N–H and O–H groups in total. The van der Waals surface area contributed by atoms with Gasteiger partial charge in [0.05, 0.1) is 24.5 Å². The molecular weight excluding hydrogens is 301 g/mol. The Morgan fingerprint density at radius 1 is 1.33 bits per heavy atom. The van der Waals surface area contributed by atoms with E-state index in [9.17, 15) is 12.8 Å². The Morgan fingerprint density at radius 3 is 2.43 bits per heavy atom. The van der Waals surface area contributed by atoms with Gasteiger partial charge in [0.15, 0.2) is 17.3 Å². The van der Waals surface area contributed by atoms with Gasteiger partial charge in [-0.1, -0.05) is 0 Å². The Balaban J connectivity index is 3.33. The Bertz CT molecular complexity index is 652. The lowest BCUT2D eigenvalue weighted by molar-refractivity contribution is 0.275. The van der Waals surface area contributed by atoms with Crippen LogP contribution in [0.15, 0.2) is 6.07 Å². The summed E-state index contributed by atoms with van der Waals surface area (Å²) in [5, 5.41) is 9.04. The van der Waals surface area contributed by atoms with E-state index in [1.165, 1.54) is 6.07 Å². The second-order valence-electron chi connectivity index (χ2n) is 4.07. The fourth-order valence-corrected chi connectivity index (χ4v) is 2.24. The second kappa shape index (κ2) is 7.24. The number of halogens is 1. The van der Waals surface area contributed by atoms with Crippen LogP contribution in [-0.2, 0) is 16.5 Å². The highest BCUT2D eigenvalue weighted by atomic mass is 32.2. The first-order valence-corrected chi connectivity index (χ1v) is 7.91. The van der Waals surface area contributed by atoms with E-state index >= 15 is 0 Å². The van der Waals surface area contributed by atoms with Crippen LogP contribution >= 0.6 is 0 Å². The van der Waals surface area contributed by atoms with E-state index in [0.717, 1.165) is 0 Å². The Morgan fingerprint density at radius 2 is 1.95 bits per heavy atom. The zero-order valence-corrected chi connectivity index (χ0v) is 12.5. The number of nitriles is 1. The molecule has 21 heavy (non-hydrogen) atoms. The van der Waals surface area contributed by atoms with E-state index in [2.05, 4.69) is 0 Å². The third-order valence-electron chi connectivity index (χ3n) is 2.60. The minimum absolute atomic E-state index is 0.0983. The van der Waals surface area contributed by atoms with Crippen molar-refractivity contribution >= 4 is 10.1 Å². The molecule has 0 fully saturated rings. The Kier molecular flexibility index (Phi) is 5.93. The quantitative estimate of drug-likeness (QED) is 0.772. The minimum atomic E-state index is -4.21. The highest BCUT2D eigenvalue weighted by Gasteiger charge is 2.21. The first-order chi connectivity index (χ1) is 9.84. The van der Waals surface area contributed by atoms with E-state index in [1.807, 2.05) is 0 Å². The summed E-state index contributed by atoms with van der Waals surface area (Å²) in [5.74, 6) is -1.58. The molecule has 0 aliphatic rings. The predicted octanol–water partition coefficient (Wildman–Crippen LogP) is 1.93. The molecule has 1 rings (SSSR count). The third-order valence-corrected chi connectivity index (χ3v) is 3.32. The summed E-state index contributed by atoms with van der Waals surface area (Å²) in [6.07, 6.45) is -0.203. The third kappa shape index (κ3) is 4.58. The van der Waals surface area contributed by atoms with Gasteiger partial charge in [-0.15, -0.1) is 0 Å². The van der Waals surface area contributed by atoms with Crippen LogP contribution in [0.3, 0.4) is 0 Å². The average Bonchev–Trinajstić information content (AvgIpc) is 2.40. The van der Waals surface area contributed by atoms with Crippen LogP contribution < -0.4 is 9.47 Å². The van der Waals surface area contributed by atoms with Crippen molar-refractivity contribution in [1.82, 2.24) is 0 Å². The molecule has 0 spiro atoms. The molecule has 0 amide bonds. The summed E-state index contributed by atoms with van der Waals surface area (Å²) in [5.41, 5.74) is -0.176. The number of hydrogen-bond acceptors (Lipinski definition) is 5. The molecule has 0 aliphatic heterocycles. The molecule has 0 radical (unpaired) electrons. The molecule has 0 heterocycles. The average molecular weight is 317 g/mol. The van der Waals surface area contributed by atoms with E-state index in [0.29, 0.717) is 0 Å². The van der Waals surface area contributed by atoms with Crippen LogP contribution in [-0.4, -0.2) is 31.9 Å². The molecule has 0 aromatic heterocycles. The molecule has 8 heteroatoms. The summed E-state index contributed by atoms with van der Waals surface area (Å²) in [6, 6.07) is 3.04. The van der Waals surface area contributed by atoms with Crippen LogP contribution in [0.25, 0.3) is 0 Å². The zero-order valence-electron chi connectivity index (χ0n) is 11.7.